The van der Waals surface area contributed by atoms with Gasteiger partial charge in [-0.05, 0) is 25.1 Å². The first-order chi connectivity index (χ1) is 14.3. The Morgan fingerprint density at radius 2 is 1.97 bits per heavy atom. The molecule has 4 aromatic rings. The van der Waals surface area contributed by atoms with Crippen molar-refractivity contribution in [2.45, 2.75) is 26.2 Å². The zero-order valence-electron chi connectivity index (χ0n) is 17.1. The van der Waals surface area contributed by atoms with Gasteiger partial charge in [0.2, 0.25) is 0 Å². The molecule has 0 fully saturated rings. The number of hydrogen-bond acceptors (Lipinski definition) is 4. The highest BCUT2D eigenvalue weighted by molar-refractivity contribution is 5.98. The molecule has 30 heavy (non-hydrogen) atoms. The summed E-state index contributed by atoms with van der Waals surface area (Å²) in [6.45, 7) is 6.48. The molecule has 6 nitrogen and oxygen atoms in total. The molecule has 1 aliphatic heterocycles. The molecule has 0 radical (unpaired) electrons. The number of benzene rings is 2. The van der Waals surface area contributed by atoms with E-state index in [1.54, 1.807) is 12.3 Å². The van der Waals surface area contributed by atoms with Crippen LogP contribution in [0.1, 0.15) is 25.5 Å². The van der Waals surface area contributed by atoms with Crippen molar-refractivity contribution in [1.82, 2.24) is 19.7 Å². The summed E-state index contributed by atoms with van der Waals surface area (Å²) in [5, 5.41) is 12.7. The predicted octanol–water partition coefficient (Wildman–Crippen LogP) is 4.71. The van der Waals surface area contributed by atoms with Crippen LogP contribution in [0.15, 0.2) is 30.5 Å². The topological polar surface area (TPSA) is 67.8 Å². The van der Waals surface area contributed by atoms with E-state index in [0.717, 1.165) is 5.82 Å². The second-order valence-electron chi connectivity index (χ2n) is 8.20. The normalized spacial score (nSPS) is 14.7. The summed E-state index contributed by atoms with van der Waals surface area (Å²) in [6, 6.07) is 5.95. The third-order valence-corrected chi connectivity index (χ3v) is 5.69. The summed E-state index contributed by atoms with van der Waals surface area (Å²) < 4.78 is 37.5. The lowest BCUT2D eigenvalue weighted by atomic mass is 9.92. The minimum atomic E-state index is -0.502. The number of ether oxygens (including phenoxy) is 1. The van der Waals surface area contributed by atoms with Crippen molar-refractivity contribution in [3.05, 3.63) is 53.7 Å². The predicted molar refractivity (Wildman–Crippen MR) is 111 cm³/mol. The highest BCUT2D eigenvalue weighted by atomic mass is 19.1. The van der Waals surface area contributed by atoms with Gasteiger partial charge in [-0.15, -0.1) is 10.2 Å². The summed E-state index contributed by atoms with van der Waals surface area (Å²) >= 11 is 0. The third-order valence-electron chi connectivity index (χ3n) is 5.69. The number of aryl methyl sites for hydroxylation is 1. The SMILES string of the molecule is COc1c(-c2cc(F)cc3[nH]ccc23)c(F)cc2c1-n1c(C)nnc1C(C)(C)CN2. The molecule has 0 saturated carbocycles. The monoisotopic (exact) mass is 409 g/mol. The van der Waals surface area contributed by atoms with Gasteiger partial charge in [-0.25, -0.2) is 8.78 Å². The number of aromatic nitrogens is 4. The van der Waals surface area contributed by atoms with E-state index in [4.69, 9.17) is 4.74 Å². The Morgan fingerprint density at radius 3 is 2.73 bits per heavy atom. The van der Waals surface area contributed by atoms with Crippen molar-refractivity contribution in [3.8, 4) is 22.6 Å². The number of nitrogens with zero attached hydrogens (tertiary/aromatic N) is 3. The quantitative estimate of drug-likeness (QED) is 0.503. The molecule has 8 heteroatoms. The maximum absolute atomic E-state index is 15.5. The van der Waals surface area contributed by atoms with Gasteiger partial charge in [0.15, 0.2) is 5.75 Å². The maximum Gasteiger partial charge on any atom is 0.155 e. The van der Waals surface area contributed by atoms with Crippen molar-refractivity contribution < 1.29 is 13.5 Å². The molecule has 2 aromatic heterocycles. The fourth-order valence-electron chi connectivity index (χ4n) is 4.22. The van der Waals surface area contributed by atoms with Crippen LogP contribution in [0.2, 0.25) is 0 Å². The first-order valence-corrected chi connectivity index (χ1v) is 9.66. The van der Waals surface area contributed by atoms with Crippen LogP contribution < -0.4 is 10.1 Å². The largest absolute Gasteiger partial charge is 0.494 e. The molecular weight excluding hydrogens is 388 g/mol. The first-order valence-electron chi connectivity index (χ1n) is 9.66. The molecule has 2 aromatic carbocycles. The standard InChI is InChI=1S/C22H21F2N5O/c1-11-27-28-21-22(2,3)10-26-17-9-15(24)18(20(30-4)19(17)29(11)21)14-7-12(23)8-16-13(14)5-6-25-16/h5-9,25-26H,10H2,1-4H3. The Morgan fingerprint density at radius 1 is 1.17 bits per heavy atom. The van der Waals surface area contributed by atoms with E-state index < -0.39 is 11.6 Å². The Hall–Kier alpha value is -3.42. The van der Waals surface area contributed by atoms with Crippen molar-refractivity contribution in [1.29, 1.82) is 0 Å². The molecule has 0 aliphatic carbocycles. The van der Waals surface area contributed by atoms with Gasteiger partial charge in [-0.3, -0.25) is 4.57 Å². The van der Waals surface area contributed by atoms with Crippen molar-refractivity contribution in [3.63, 3.8) is 0 Å². The zero-order chi connectivity index (χ0) is 21.2. The fourth-order valence-corrected chi connectivity index (χ4v) is 4.22. The molecule has 0 amide bonds. The molecule has 154 valence electrons. The smallest absolute Gasteiger partial charge is 0.155 e. The number of anilines is 1. The van der Waals surface area contributed by atoms with Crippen molar-refractivity contribution in [2.75, 3.05) is 19.0 Å². The van der Waals surface area contributed by atoms with Crippen LogP contribution in [0.5, 0.6) is 5.75 Å². The lowest BCUT2D eigenvalue weighted by Crippen LogP contribution is -2.28. The molecule has 2 N–H and O–H groups in total. The summed E-state index contributed by atoms with van der Waals surface area (Å²) in [5.74, 6) is 0.737. The van der Waals surface area contributed by atoms with Crippen molar-refractivity contribution in [2.24, 2.45) is 0 Å². The lowest BCUT2D eigenvalue weighted by molar-refractivity contribution is 0.410. The zero-order valence-corrected chi connectivity index (χ0v) is 17.1. The summed E-state index contributed by atoms with van der Waals surface area (Å²) in [6.07, 6.45) is 1.70. The van der Waals surface area contributed by atoms with Gasteiger partial charge in [0, 0.05) is 40.7 Å². The Labute approximate surface area is 171 Å². The molecule has 0 bridgehead atoms. The first kappa shape index (κ1) is 18.6. The van der Waals surface area contributed by atoms with Crippen LogP contribution in [0, 0.1) is 18.6 Å². The molecule has 0 atom stereocenters. The molecule has 0 saturated heterocycles. The van der Waals surface area contributed by atoms with Gasteiger partial charge in [0.05, 0.1) is 18.4 Å². The second kappa shape index (κ2) is 6.29. The highest BCUT2D eigenvalue weighted by Gasteiger charge is 2.35. The van der Waals surface area contributed by atoms with Gasteiger partial charge < -0.3 is 15.0 Å². The average Bonchev–Trinajstić information content (AvgIpc) is 3.29. The Bertz CT molecular complexity index is 1300. The van der Waals surface area contributed by atoms with E-state index in [-0.39, 0.29) is 11.0 Å². The van der Waals surface area contributed by atoms with Crippen LogP contribution in [-0.2, 0) is 5.41 Å². The summed E-state index contributed by atoms with van der Waals surface area (Å²) in [7, 11) is 1.49. The summed E-state index contributed by atoms with van der Waals surface area (Å²) in [4.78, 5) is 2.99. The number of H-pyrrole nitrogens is 1. The van der Waals surface area contributed by atoms with E-state index in [1.165, 1.54) is 25.3 Å². The molecule has 1 aliphatic rings. The van der Waals surface area contributed by atoms with E-state index in [9.17, 15) is 4.39 Å². The van der Waals surface area contributed by atoms with Crippen LogP contribution in [-0.4, -0.2) is 33.4 Å². The molecular formula is C22H21F2N5O. The lowest BCUT2D eigenvalue weighted by Gasteiger charge is -2.21. The summed E-state index contributed by atoms with van der Waals surface area (Å²) in [5.41, 5.74) is 2.03. The molecule has 5 rings (SSSR count). The Kier molecular flexibility index (Phi) is 3.90. The molecule has 0 unspecified atom stereocenters. The number of nitrogens with one attached hydrogen (secondary N) is 2. The number of rotatable bonds is 2. The van der Waals surface area contributed by atoms with E-state index in [0.29, 0.717) is 46.0 Å². The van der Waals surface area contributed by atoms with Gasteiger partial charge in [0.1, 0.15) is 29.0 Å². The highest BCUT2D eigenvalue weighted by Crippen LogP contribution is 2.46. The molecule has 0 spiro atoms. The maximum atomic E-state index is 15.5. The van der Waals surface area contributed by atoms with E-state index in [1.807, 2.05) is 25.3 Å². The van der Waals surface area contributed by atoms with Crippen LogP contribution >= 0.6 is 0 Å². The third kappa shape index (κ3) is 2.52. The number of fused-ring (bicyclic) bond motifs is 4. The van der Waals surface area contributed by atoms with Gasteiger partial charge >= 0.3 is 0 Å². The van der Waals surface area contributed by atoms with Gasteiger partial charge in [-0.2, -0.15) is 0 Å². The second-order valence-corrected chi connectivity index (χ2v) is 8.20. The van der Waals surface area contributed by atoms with Crippen LogP contribution in [0.3, 0.4) is 0 Å². The number of methoxy groups -OCH3 is 1. The number of aromatic amines is 1. The van der Waals surface area contributed by atoms with Gasteiger partial charge in [-0.1, -0.05) is 13.8 Å². The van der Waals surface area contributed by atoms with E-state index in [2.05, 4.69) is 20.5 Å². The minimum Gasteiger partial charge on any atom is -0.494 e. The van der Waals surface area contributed by atoms with Crippen LogP contribution in [0.25, 0.3) is 27.7 Å². The number of hydrogen-bond donors (Lipinski definition) is 2. The average molecular weight is 409 g/mol. The fraction of sp³-hybridized carbons (Fsp3) is 0.273. The number of halogens is 2. The van der Waals surface area contributed by atoms with Gasteiger partial charge in [0.25, 0.3) is 0 Å². The van der Waals surface area contributed by atoms with Crippen LogP contribution in [0.4, 0.5) is 14.5 Å². The Balaban J connectivity index is 1.91. The molecule has 3 heterocycles. The van der Waals surface area contributed by atoms with E-state index >= 15 is 4.39 Å². The van der Waals surface area contributed by atoms with Crippen molar-refractivity contribution >= 4 is 16.6 Å². The minimum absolute atomic E-state index is 0.195.